The number of ether oxygens (including phenoxy) is 4. The average Bonchev–Trinajstić information content (AvgIpc) is 3.46. The Morgan fingerprint density at radius 3 is 1.33 bits per heavy atom. The molecule has 0 bridgehead atoms. The van der Waals surface area contributed by atoms with E-state index in [9.17, 15) is 14.4 Å². The number of methoxy groups -OCH3 is 1. The van der Waals surface area contributed by atoms with Crippen LogP contribution in [0.5, 0.6) is 0 Å². The molecule has 0 saturated carbocycles. The van der Waals surface area contributed by atoms with E-state index < -0.39 is 5.60 Å². The molecule has 0 N–H and O–H groups in total. The fourth-order valence-corrected chi connectivity index (χ4v) is 3.69. The molecule has 0 aromatic carbocycles. The largest absolute Gasteiger partial charge is 0.469 e. The number of hydrogen-bond donors (Lipinski definition) is 0. The third-order valence-electron chi connectivity index (χ3n) is 5.00. The number of halogens is 3. The molecule has 1 aliphatic heterocycles. The Bertz CT molecular complexity index is 667. The number of hydrogen-bond acceptors (Lipinski definition) is 7. The predicted molar refractivity (Wildman–Crippen MR) is 191 cm³/mol. The molecule has 10 heteroatoms. The standard InChI is InChI=1S/C12H23BrO2.C8H15O2.C5H10O2.C4H8Br2.C4H8O/c1-11(2,3)15-10(14)12(4,5)8-6-7-9-13;1-6(2)7(9)10-8(3,4)5;1-4(2)5(6)7-3;5-3-1-2-4-6;1-2-4-5-3-1/h6-9H2,1-5H3;6H,3H2,1-2,4-5H3;4H,1-3H3;1-4H2;1-4H2/q;+1;;;. The van der Waals surface area contributed by atoms with E-state index in [0.29, 0.717) is 0 Å². The lowest BCUT2D eigenvalue weighted by Gasteiger charge is -2.28. The summed E-state index contributed by atoms with van der Waals surface area (Å²) in [6, 6.07) is 0. The molecule has 1 fully saturated rings. The zero-order valence-corrected chi connectivity index (χ0v) is 34.1. The van der Waals surface area contributed by atoms with Crippen LogP contribution >= 0.6 is 47.8 Å². The molecule has 1 heterocycles. The van der Waals surface area contributed by atoms with Crippen LogP contribution in [0.3, 0.4) is 0 Å². The monoisotopic (exact) mass is 809 g/mol. The predicted octanol–water partition coefficient (Wildman–Crippen LogP) is 9.89. The van der Waals surface area contributed by atoms with Gasteiger partial charge in [0, 0.05) is 43.1 Å². The number of rotatable bonds is 11. The Balaban J connectivity index is -0.000000235. The molecule has 0 aliphatic carbocycles. The first-order valence-electron chi connectivity index (χ1n) is 15.3. The summed E-state index contributed by atoms with van der Waals surface area (Å²) in [4.78, 5) is 33.0. The van der Waals surface area contributed by atoms with E-state index >= 15 is 0 Å². The first-order chi connectivity index (χ1) is 19.6. The van der Waals surface area contributed by atoms with Gasteiger partial charge in [0.2, 0.25) is 5.60 Å². The smallest absolute Gasteiger partial charge is 0.312 e. The summed E-state index contributed by atoms with van der Waals surface area (Å²) < 4.78 is 19.6. The van der Waals surface area contributed by atoms with Gasteiger partial charge in [-0.2, -0.15) is 0 Å². The molecule has 1 aliphatic rings. The highest BCUT2D eigenvalue weighted by Crippen LogP contribution is 2.27. The van der Waals surface area contributed by atoms with Crippen molar-refractivity contribution in [2.75, 3.05) is 36.3 Å². The van der Waals surface area contributed by atoms with E-state index in [4.69, 9.17) is 14.2 Å². The second kappa shape index (κ2) is 29.1. The summed E-state index contributed by atoms with van der Waals surface area (Å²) in [5.41, 5.74) is -1.35. The van der Waals surface area contributed by atoms with Gasteiger partial charge in [-0.05, 0) is 73.1 Å². The Labute approximate surface area is 290 Å². The van der Waals surface area contributed by atoms with Gasteiger partial charge in [0.25, 0.3) is 0 Å². The van der Waals surface area contributed by atoms with E-state index in [1.165, 1.54) is 32.8 Å². The van der Waals surface area contributed by atoms with Crippen LogP contribution in [0.1, 0.15) is 121 Å². The molecular formula is C33H64Br3O7+. The average molecular weight is 813 g/mol. The summed E-state index contributed by atoms with van der Waals surface area (Å²) in [6.45, 7) is 26.0. The first kappa shape index (κ1) is 49.6. The summed E-state index contributed by atoms with van der Waals surface area (Å²) in [6.07, 6.45) is 8.16. The zero-order chi connectivity index (χ0) is 34.7. The molecule has 0 aromatic rings. The number of unbranched alkanes of at least 4 members (excludes halogenated alkanes) is 2. The minimum Gasteiger partial charge on any atom is -0.469 e. The molecule has 0 unspecified atom stereocenters. The number of carbonyl (C=O) groups excluding carboxylic acids is 3. The third-order valence-corrected chi connectivity index (χ3v) is 6.68. The van der Waals surface area contributed by atoms with Crippen molar-refractivity contribution < 1.29 is 33.3 Å². The lowest BCUT2D eigenvalue weighted by atomic mass is 9.87. The minimum absolute atomic E-state index is 0.00463. The van der Waals surface area contributed by atoms with Crippen molar-refractivity contribution in [1.82, 2.24) is 0 Å². The van der Waals surface area contributed by atoms with Gasteiger partial charge in [-0.1, -0.05) is 81.9 Å². The third kappa shape index (κ3) is 41.7. The molecule has 0 radical (unpaired) electrons. The van der Waals surface area contributed by atoms with Crippen molar-refractivity contribution in [3.63, 3.8) is 0 Å². The lowest BCUT2D eigenvalue weighted by molar-refractivity contribution is -0.166. The number of carbonyl (C=O) groups is 3. The van der Waals surface area contributed by atoms with Crippen LogP contribution in [0.25, 0.3) is 0 Å². The maximum Gasteiger partial charge on any atom is 0.312 e. The van der Waals surface area contributed by atoms with Crippen molar-refractivity contribution in [2.24, 2.45) is 17.3 Å². The van der Waals surface area contributed by atoms with Gasteiger partial charge in [0.1, 0.15) is 12.5 Å². The maximum atomic E-state index is 11.8. The van der Waals surface area contributed by atoms with Crippen molar-refractivity contribution in [2.45, 2.75) is 132 Å². The summed E-state index contributed by atoms with van der Waals surface area (Å²) in [5, 5.41) is 3.27. The highest BCUT2D eigenvalue weighted by atomic mass is 79.9. The highest BCUT2D eigenvalue weighted by Gasteiger charge is 2.31. The molecule has 0 amide bonds. The quantitative estimate of drug-likeness (QED) is 0.0675. The maximum absolute atomic E-state index is 11.8. The molecule has 258 valence electrons. The van der Waals surface area contributed by atoms with Crippen LogP contribution in [-0.2, 0) is 33.3 Å². The molecule has 0 spiro atoms. The first-order valence-corrected chi connectivity index (χ1v) is 18.6. The van der Waals surface area contributed by atoms with Crippen molar-refractivity contribution in [1.29, 1.82) is 0 Å². The topological polar surface area (TPSA) is 88.1 Å². The van der Waals surface area contributed by atoms with Crippen LogP contribution in [0, 0.1) is 24.2 Å². The Morgan fingerprint density at radius 1 is 0.721 bits per heavy atom. The van der Waals surface area contributed by atoms with Gasteiger partial charge in [-0.25, -0.2) is 0 Å². The molecule has 1 saturated heterocycles. The molecule has 7 nitrogen and oxygen atoms in total. The zero-order valence-electron chi connectivity index (χ0n) is 29.3. The Morgan fingerprint density at radius 2 is 1.12 bits per heavy atom. The van der Waals surface area contributed by atoms with E-state index in [0.717, 1.165) is 48.5 Å². The fourth-order valence-electron chi connectivity index (χ4n) is 2.50. The fraction of sp³-hybridized carbons (Fsp3) is 0.879. The van der Waals surface area contributed by atoms with Gasteiger partial charge < -0.3 is 18.9 Å². The van der Waals surface area contributed by atoms with Crippen LogP contribution in [0.15, 0.2) is 0 Å². The van der Waals surface area contributed by atoms with E-state index in [2.05, 4.69) is 59.5 Å². The van der Waals surface area contributed by atoms with E-state index in [1.54, 1.807) is 41.5 Å². The molecule has 0 aromatic heterocycles. The summed E-state index contributed by atoms with van der Waals surface area (Å²) in [7, 11) is 1.39. The van der Waals surface area contributed by atoms with Crippen LogP contribution in [0.4, 0.5) is 0 Å². The van der Waals surface area contributed by atoms with E-state index in [1.807, 2.05) is 34.6 Å². The lowest BCUT2D eigenvalue weighted by Crippen LogP contribution is -2.33. The normalized spacial score (nSPS) is 12.7. The number of alkyl halides is 3. The Hall–Kier alpha value is -0.320. The van der Waals surface area contributed by atoms with Crippen molar-refractivity contribution in [3.05, 3.63) is 6.92 Å². The second-order valence-corrected chi connectivity index (χ2v) is 15.3. The summed E-state index contributed by atoms with van der Waals surface area (Å²) >= 11 is 10.0. The van der Waals surface area contributed by atoms with Gasteiger partial charge in [0.05, 0.1) is 24.4 Å². The van der Waals surface area contributed by atoms with Gasteiger partial charge in [-0.15, -0.1) is 0 Å². The molecule has 1 rings (SSSR count). The van der Waals surface area contributed by atoms with Gasteiger partial charge in [-0.3, -0.25) is 14.4 Å². The Kier molecular flexibility index (Phi) is 33.5. The highest BCUT2D eigenvalue weighted by molar-refractivity contribution is 9.09. The van der Waals surface area contributed by atoms with Crippen LogP contribution in [0.2, 0.25) is 0 Å². The second-order valence-electron chi connectivity index (χ2n) is 12.9. The molecular weight excluding hydrogens is 748 g/mol. The van der Waals surface area contributed by atoms with Crippen molar-refractivity contribution in [3.8, 4) is 0 Å². The SMILES string of the molecule is BrCCCCBr.C1CCOC1.CC(C)(C)OC(=O)C(C)(C)CCCCBr.COC(=O)C(C)C.[CH2+]C(C)(C)OC(=O)C(C)C. The van der Waals surface area contributed by atoms with E-state index in [-0.39, 0.29) is 40.8 Å². The van der Waals surface area contributed by atoms with Crippen LogP contribution < -0.4 is 0 Å². The number of esters is 3. The minimum atomic E-state index is -0.596. The van der Waals surface area contributed by atoms with Gasteiger partial charge in [0.15, 0.2) is 0 Å². The van der Waals surface area contributed by atoms with Crippen LogP contribution in [-0.4, -0.2) is 65.4 Å². The summed E-state index contributed by atoms with van der Waals surface area (Å²) in [5.74, 6) is -0.504. The van der Waals surface area contributed by atoms with Gasteiger partial charge >= 0.3 is 17.9 Å². The molecule has 43 heavy (non-hydrogen) atoms. The van der Waals surface area contributed by atoms with Crippen molar-refractivity contribution >= 4 is 65.7 Å². The molecule has 0 atom stereocenters.